The van der Waals surface area contributed by atoms with Crippen LogP contribution in [0.1, 0.15) is 0 Å². The Morgan fingerprint density at radius 1 is 0.357 bits per heavy atom. The van der Waals surface area contributed by atoms with E-state index in [4.69, 9.17) is 0 Å². The van der Waals surface area contributed by atoms with Crippen LogP contribution in [0.4, 0.5) is 0 Å². The van der Waals surface area contributed by atoms with E-state index in [9.17, 15) is 0 Å². The first-order valence-electron chi connectivity index (χ1n) is 9.03. The second kappa shape index (κ2) is 9.99. The SMILES string of the molecule is C(#C[Te]c1ccc(-c2ccccc2)cc1)[Te]c1ccc(-c2ccccc2)cc1. The second-order valence-corrected chi connectivity index (χ2v) is 11.2. The molecule has 0 bridgehead atoms. The molecule has 0 saturated heterocycles. The van der Waals surface area contributed by atoms with Crippen molar-refractivity contribution in [3.05, 3.63) is 109 Å². The molecule has 0 fully saturated rings. The van der Waals surface area contributed by atoms with E-state index in [1.165, 1.54) is 29.5 Å². The van der Waals surface area contributed by atoms with Gasteiger partial charge in [0.1, 0.15) is 0 Å². The first kappa shape index (κ1) is 19.3. The molecule has 0 atom stereocenters. The Labute approximate surface area is 187 Å². The summed E-state index contributed by atoms with van der Waals surface area (Å²) in [5.41, 5.74) is 5.09. The van der Waals surface area contributed by atoms with Crippen molar-refractivity contribution in [1.82, 2.24) is 0 Å². The molecule has 2 heteroatoms. The molecule has 0 spiro atoms. The Kier molecular flexibility index (Phi) is 6.90. The molecular formula is C26H18Te2. The molecule has 0 saturated carbocycles. The fraction of sp³-hybridized carbons (Fsp3) is 0. The van der Waals surface area contributed by atoms with Crippen molar-refractivity contribution >= 4 is 49.1 Å². The molecule has 4 aromatic carbocycles. The van der Waals surface area contributed by atoms with Crippen LogP contribution in [-0.4, -0.2) is 41.8 Å². The van der Waals surface area contributed by atoms with E-state index in [1.54, 1.807) is 0 Å². The third-order valence-corrected chi connectivity index (χ3v) is 9.62. The summed E-state index contributed by atoms with van der Waals surface area (Å²) in [5, 5.41) is 0. The van der Waals surface area contributed by atoms with Crippen LogP contribution in [-0.2, 0) is 0 Å². The van der Waals surface area contributed by atoms with Gasteiger partial charge in [-0.1, -0.05) is 0 Å². The quantitative estimate of drug-likeness (QED) is 0.248. The Balaban J connectivity index is 1.34. The molecule has 4 rings (SSSR count). The summed E-state index contributed by atoms with van der Waals surface area (Å²) >= 11 is -0.833. The van der Waals surface area contributed by atoms with Gasteiger partial charge in [0, 0.05) is 0 Å². The summed E-state index contributed by atoms with van der Waals surface area (Å²) in [5.74, 6) is 0. The summed E-state index contributed by atoms with van der Waals surface area (Å²) < 4.78 is 9.80. The van der Waals surface area contributed by atoms with E-state index >= 15 is 0 Å². The fourth-order valence-corrected chi connectivity index (χ4v) is 6.91. The first-order chi connectivity index (χ1) is 13.9. The summed E-state index contributed by atoms with van der Waals surface area (Å²) in [6.45, 7) is 0. The van der Waals surface area contributed by atoms with Gasteiger partial charge < -0.3 is 0 Å². The molecule has 0 radical (unpaired) electrons. The number of hydrogen-bond acceptors (Lipinski definition) is 0. The van der Waals surface area contributed by atoms with Crippen molar-refractivity contribution in [3.8, 4) is 30.2 Å². The van der Waals surface area contributed by atoms with Gasteiger partial charge in [-0.15, -0.1) is 0 Å². The van der Waals surface area contributed by atoms with Crippen LogP contribution < -0.4 is 7.22 Å². The molecule has 0 unspecified atom stereocenters. The van der Waals surface area contributed by atoms with E-state index in [-0.39, 0.29) is 0 Å². The normalized spacial score (nSPS) is 10.1. The average Bonchev–Trinajstić information content (AvgIpc) is 2.79. The van der Waals surface area contributed by atoms with Gasteiger partial charge in [-0.2, -0.15) is 0 Å². The van der Waals surface area contributed by atoms with Gasteiger partial charge >= 0.3 is 188 Å². The zero-order valence-corrected chi connectivity index (χ0v) is 19.9. The van der Waals surface area contributed by atoms with Gasteiger partial charge in [0.05, 0.1) is 0 Å². The standard InChI is InChI=1S/C26H18Te2/c1-3-7-21(8-4-1)23-11-15-25(16-12-23)27-19-20-28-26-17-13-24(14-18-26)22-9-5-2-6-10-22/h1-18H. The van der Waals surface area contributed by atoms with E-state index in [1.807, 2.05) is 0 Å². The summed E-state index contributed by atoms with van der Waals surface area (Å²) in [6, 6.07) is 38.9. The maximum absolute atomic E-state index is 3.49. The number of rotatable bonds is 4. The Bertz CT molecular complexity index is 983. The van der Waals surface area contributed by atoms with E-state index in [0.29, 0.717) is 0 Å². The predicted molar refractivity (Wildman–Crippen MR) is 122 cm³/mol. The summed E-state index contributed by atoms with van der Waals surface area (Å²) in [4.78, 5) is 0. The monoisotopic (exact) mass is 590 g/mol. The van der Waals surface area contributed by atoms with Crippen molar-refractivity contribution < 1.29 is 0 Å². The van der Waals surface area contributed by atoms with Crippen molar-refractivity contribution in [2.24, 2.45) is 0 Å². The Morgan fingerprint density at radius 3 is 1.04 bits per heavy atom. The van der Waals surface area contributed by atoms with Crippen LogP contribution in [0.15, 0.2) is 109 Å². The van der Waals surface area contributed by atoms with E-state index in [0.717, 1.165) is 0 Å². The first-order valence-corrected chi connectivity index (χ1v) is 13.7. The van der Waals surface area contributed by atoms with Crippen LogP contribution in [0.3, 0.4) is 0 Å². The minimum absolute atomic E-state index is 0.417. The Hall–Kier alpha value is -1.98. The van der Waals surface area contributed by atoms with Gasteiger partial charge in [-0.05, 0) is 0 Å². The Morgan fingerprint density at radius 2 is 0.679 bits per heavy atom. The molecule has 0 heterocycles. The minimum atomic E-state index is -0.417. The molecule has 134 valence electrons. The number of hydrogen-bond donors (Lipinski definition) is 0. The van der Waals surface area contributed by atoms with Crippen molar-refractivity contribution in [3.63, 3.8) is 0 Å². The predicted octanol–water partition coefficient (Wildman–Crippen LogP) is 4.30. The van der Waals surface area contributed by atoms with Gasteiger partial charge in [-0.3, -0.25) is 0 Å². The van der Waals surface area contributed by atoms with Crippen molar-refractivity contribution in [2.45, 2.75) is 0 Å². The van der Waals surface area contributed by atoms with Crippen LogP contribution >= 0.6 is 0 Å². The zero-order valence-electron chi connectivity index (χ0n) is 15.2. The summed E-state index contributed by atoms with van der Waals surface area (Å²) in [6.07, 6.45) is 0. The molecule has 0 aliphatic rings. The second-order valence-electron chi connectivity index (χ2n) is 6.19. The van der Waals surface area contributed by atoms with Crippen molar-refractivity contribution in [1.29, 1.82) is 0 Å². The molecule has 0 aromatic heterocycles. The van der Waals surface area contributed by atoms with E-state index in [2.05, 4.69) is 117 Å². The van der Waals surface area contributed by atoms with Gasteiger partial charge in [0.2, 0.25) is 0 Å². The van der Waals surface area contributed by atoms with Crippen molar-refractivity contribution in [2.75, 3.05) is 0 Å². The molecule has 28 heavy (non-hydrogen) atoms. The fourth-order valence-electron chi connectivity index (χ4n) is 2.85. The van der Waals surface area contributed by atoms with Gasteiger partial charge in [0.15, 0.2) is 0 Å². The van der Waals surface area contributed by atoms with Gasteiger partial charge in [-0.25, -0.2) is 0 Å². The average molecular weight is 586 g/mol. The molecule has 0 aliphatic carbocycles. The van der Waals surface area contributed by atoms with Crippen LogP contribution in [0.2, 0.25) is 0 Å². The van der Waals surface area contributed by atoms with E-state index < -0.39 is 41.8 Å². The maximum atomic E-state index is 3.49. The summed E-state index contributed by atoms with van der Waals surface area (Å²) in [7, 11) is 0. The molecule has 0 N–H and O–H groups in total. The molecule has 0 aliphatic heterocycles. The number of benzene rings is 4. The zero-order chi connectivity index (χ0) is 19.0. The third-order valence-electron chi connectivity index (χ3n) is 4.30. The van der Waals surface area contributed by atoms with Crippen LogP contribution in [0.25, 0.3) is 22.3 Å². The van der Waals surface area contributed by atoms with Crippen LogP contribution in [0, 0.1) is 7.94 Å². The van der Waals surface area contributed by atoms with Gasteiger partial charge in [0.25, 0.3) is 0 Å². The molecule has 4 aromatic rings. The third kappa shape index (κ3) is 5.30. The van der Waals surface area contributed by atoms with Crippen LogP contribution in [0.5, 0.6) is 0 Å². The topological polar surface area (TPSA) is 0 Å². The molecule has 0 nitrogen and oxygen atoms in total. The molecule has 0 amide bonds. The molecular weight excluding hydrogens is 567 g/mol.